The Hall–Kier alpha value is -2.81. The van der Waals surface area contributed by atoms with E-state index in [9.17, 15) is 19.1 Å². The van der Waals surface area contributed by atoms with Crippen LogP contribution in [0.2, 0.25) is 5.02 Å². The lowest BCUT2D eigenvalue weighted by atomic mass is 9.85. The van der Waals surface area contributed by atoms with Crippen molar-refractivity contribution in [3.8, 4) is 11.4 Å². The van der Waals surface area contributed by atoms with Gasteiger partial charge in [-0.15, -0.1) is 0 Å². The molecule has 0 spiro atoms. The predicted molar refractivity (Wildman–Crippen MR) is 138 cm³/mol. The first-order valence-electron chi connectivity index (χ1n) is 12.9. The highest BCUT2D eigenvalue weighted by Crippen LogP contribution is 2.41. The molecular formula is C28H29ClFN3O4. The summed E-state index contributed by atoms with van der Waals surface area (Å²) < 4.78 is 21.5. The monoisotopic (exact) mass is 525 g/mol. The SMILES string of the molecule is CC[C@@]1(O)CC(=O)OCc2c1cc1n(c2=O)Cc2c-1nc1cc(Cl)c(F)cc1c2CN1CCC(C)CC1. The molecule has 0 unspecified atom stereocenters. The molecule has 3 aliphatic heterocycles. The molecule has 1 fully saturated rings. The highest BCUT2D eigenvalue weighted by Gasteiger charge is 2.40. The lowest BCUT2D eigenvalue weighted by Crippen LogP contribution is -2.33. The molecule has 1 saturated heterocycles. The summed E-state index contributed by atoms with van der Waals surface area (Å²) in [6.07, 6.45) is 2.24. The number of fused-ring (bicyclic) bond motifs is 5. The van der Waals surface area contributed by atoms with Crippen molar-refractivity contribution in [2.24, 2.45) is 5.92 Å². The number of pyridine rings is 2. The van der Waals surface area contributed by atoms with Crippen molar-refractivity contribution in [3.63, 3.8) is 0 Å². The summed E-state index contributed by atoms with van der Waals surface area (Å²) in [5.41, 5.74) is 2.48. The molecule has 194 valence electrons. The fourth-order valence-electron chi connectivity index (χ4n) is 5.98. The number of carbonyl (C=O) groups is 1. The molecule has 9 heteroatoms. The number of benzene rings is 1. The minimum Gasteiger partial charge on any atom is -0.460 e. The standard InChI is InChI=1S/C28H29ClFN3O4/c1-3-28(36)11-25(34)37-14-19-20(28)9-24-26-18(13-33(24)27(19)35)17(12-32-6-4-15(2)5-7-32)16-8-22(30)21(29)10-23(16)31-26/h8-10,15,36H,3-7,11-14H2,1-2H3/t28-/m1/s1. The first kappa shape index (κ1) is 24.5. The minimum atomic E-state index is -1.50. The number of aromatic nitrogens is 2. The van der Waals surface area contributed by atoms with E-state index in [4.69, 9.17) is 21.3 Å². The van der Waals surface area contributed by atoms with E-state index >= 15 is 0 Å². The molecule has 6 rings (SSSR count). The van der Waals surface area contributed by atoms with Crippen molar-refractivity contribution < 1.29 is 19.0 Å². The Morgan fingerprint density at radius 2 is 1.97 bits per heavy atom. The van der Waals surface area contributed by atoms with Gasteiger partial charge in [-0.05, 0) is 67.6 Å². The highest BCUT2D eigenvalue weighted by atomic mass is 35.5. The molecule has 0 radical (unpaired) electrons. The third-order valence-corrected chi connectivity index (χ3v) is 8.65. The number of rotatable bonds is 3. The molecule has 1 aromatic carbocycles. The Labute approximate surface area is 218 Å². The Balaban J connectivity index is 1.56. The summed E-state index contributed by atoms with van der Waals surface area (Å²) >= 11 is 6.15. The summed E-state index contributed by atoms with van der Waals surface area (Å²) in [7, 11) is 0. The van der Waals surface area contributed by atoms with Crippen molar-refractivity contribution in [1.29, 1.82) is 0 Å². The lowest BCUT2D eigenvalue weighted by Gasteiger charge is -2.31. The van der Waals surface area contributed by atoms with Crippen molar-refractivity contribution in [3.05, 3.63) is 61.6 Å². The second-order valence-corrected chi connectivity index (χ2v) is 11.1. The summed E-state index contributed by atoms with van der Waals surface area (Å²) in [6.45, 7) is 6.66. The van der Waals surface area contributed by atoms with Crippen LogP contribution in [0.5, 0.6) is 0 Å². The van der Waals surface area contributed by atoms with E-state index in [1.165, 1.54) is 12.1 Å². The predicted octanol–water partition coefficient (Wildman–Crippen LogP) is 4.49. The Morgan fingerprint density at radius 3 is 2.70 bits per heavy atom. The van der Waals surface area contributed by atoms with Crippen LogP contribution in [0, 0.1) is 11.7 Å². The van der Waals surface area contributed by atoms with Crippen molar-refractivity contribution in [1.82, 2.24) is 14.5 Å². The topological polar surface area (TPSA) is 84.7 Å². The number of cyclic esters (lactones) is 1. The van der Waals surface area contributed by atoms with Crippen LogP contribution < -0.4 is 5.56 Å². The number of ether oxygens (including phenoxy) is 1. The molecule has 0 saturated carbocycles. The number of nitrogens with zero attached hydrogens (tertiary/aromatic N) is 3. The number of halogens is 2. The van der Waals surface area contributed by atoms with Crippen molar-refractivity contribution in [2.75, 3.05) is 13.1 Å². The van der Waals surface area contributed by atoms with E-state index in [0.29, 0.717) is 40.3 Å². The third kappa shape index (κ3) is 3.97. The van der Waals surface area contributed by atoms with Crippen LogP contribution >= 0.6 is 11.6 Å². The van der Waals surface area contributed by atoms with E-state index in [0.717, 1.165) is 37.1 Å². The maximum absolute atomic E-state index is 14.6. The summed E-state index contributed by atoms with van der Waals surface area (Å²) in [5.74, 6) is -0.361. The average Bonchev–Trinajstić information content (AvgIpc) is 3.17. The van der Waals surface area contributed by atoms with Gasteiger partial charge in [0.15, 0.2) is 0 Å². The molecule has 37 heavy (non-hydrogen) atoms. The van der Waals surface area contributed by atoms with Crippen LogP contribution in [0.15, 0.2) is 23.0 Å². The Kier molecular flexibility index (Phi) is 5.89. The van der Waals surface area contributed by atoms with Gasteiger partial charge in [0.2, 0.25) is 0 Å². The number of likely N-dealkylation sites (tertiary alicyclic amines) is 1. The van der Waals surface area contributed by atoms with E-state index in [1.54, 1.807) is 17.6 Å². The zero-order valence-corrected chi connectivity index (χ0v) is 21.7. The molecule has 5 heterocycles. The lowest BCUT2D eigenvalue weighted by molar-refractivity contribution is -0.149. The number of carbonyl (C=O) groups excluding carboxylic acids is 1. The largest absolute Gasteiger partial charge is 0.460 e. The molecule has 7 nitrogen and oxygen atoms in total. The number of aliphatic hydroxyl groups is 1. The third-order valence-electron chi connectivity index (χ3n) is 8.36. The normalized spacial score (nSPS) is 21.9. The van der Waals surface area contributed by atoms with Gasteiger partial charge < -0.3 is 14.4 Å². The number of hydrogen-bond acceptors (Lipinski definition) is 6. The zero-order valence-electron chi connectivity index (χ0n) is 20.9. The van der Waals surface area contributed by atoms with E-state index in [1.807, 2.05) is 0 Å². The molecule has 0 bridgehead atoms. The first-order chi connectivity index (χ1) is 17.7. The maximum Gasteiger partial charge on any atom is 0.309 e. The first-order valence-corrected chi connectivity index (χ1v) is 13.2. The van der Waals surface area contributed by atoms with Gasteiger partial charge in [-0.2, -0.15) is 0 Å². The van der Waals surface area contributed by atoms with Gasteiger partial charge in [0.1, 0.15) is 18.0 Å². The number of esters is 1. The van der Waals surface area contributed by atoms with Crippen LogP contribution in [-0.2, 0) is 34.8 Å². The van der Waals surface area contributed by atoms with Crippen LogP contribution in [0.1, 0.15) is 61.8 Å². The Bertz CT molecular complexity index is 1510. The van der Waals surface area contributed by atoms with Gasteiger partial charge in [-0.25, -0.2) is 9.37 Å². The maximum atomic E-state index is 14.6. The molecule has 1 N–H and O–H groups in total. The minimum absolute atomic E-state index is 0.00830. The Morgan fingerprint density at radius 1 is 1.22 bits per heavy atom. The average molecular weight is 526 g/mol. The van der Waals surface area contributed by atoms with Gasteiger partial charge >= 0.3 is 5.97 Å². The van der Waals surface area contributed by atoms with Gasteiger partial charge in [0, 0.05) is 17.5 Å². The molecule has 3 aliphatic rings. The van der Waals surface area contributed by atoms with E-state index < -0.39 is 17.4 Å². The number of hydrogen-bond donors (Lipinski definition) is 1. The summed E-state index contributed by atoms with van der Waals surface area (Å²) in [4.78, 5) is 33.1. The van der Waals surface area contributed by atoms with Crippen LogP contribution in [-0.4, -0.2) is 38.6 Å². The summed E-state index contributed by atoms with van der Waals surface area (Å²) in [6, 6.07) is 4.76. The van der Waals surface area contributed by atoms with Gasteiger partial charge in [-0.3, -0.25) is 14.5 Å². The molecule has 1 atom stereocenters. The summed E-state index contributed by atoms with van der Waals surface area (Å²) in [5, 5.41) is 12.1. The van der Waals surface area contributed by atoms with Crippen LogP contribution in [0.4, 0.5) is 4.39 Å². The molecule has 0 amide bonds. The van der Waals surface area contributed by atoms with E-state index in [-0.39, 0.29) is 42.1 Å². The fraction of sp³-hybridized carbons (Fsp3) is 0.464. The van der Waals surface area contributed by atoms with Crippen LogP contribution in [0.3, 0.4) is 0 Å². The fourth-order valence-corrected chi connectivity index (χ4v) is 6.14. The molecular weight excluding hydrogens is 497 g/mol. The zero-order chi connectivity index (χ0) is 26.1. The molecule has 0 aliphatic carbocycles. The van der Waals surface area contributed by atoms with Crippen LogP contribution in [0.25, 0.3) is 22.3 Å². The van der Waals surface area contributed by atoms with Crippen molar-refractivity contribution >= 4 is 28.5 Å². The number of piperidine rings is 1. The highest BCUT2D eigenvalue weighted by molar-refractivity contribution is 6.31. The van der Waals surface area contributed by atoms with Gasteiger partial charge in [0.25, 0.3) is 5.56 Å². The second-order valence-electron chi connectivity index (χ2n) is 10.7. The smallest absolute Gasteiger partial charge is 0.309 e. The molecule has 3 aromatic rings. The molecule has 2 aromatic heterocycles. The van der Waals surface area contributed by atoms with Crippen molar-refractivity contribution in [2.45, 2.75) is 64.8 Å². The van der Waals surface area contributed by atoms with E-state index in [2.05, 4.69) is 11.8 Å². The van der Waals surface area contributed by atoms with Gasteiger partial charge in [0.05, 0.1) is 40.5 Å². The second kappa shape index (κ2) is 8.89. The quantitative estimate of drug-likeness (QED) is 0.397. The van der Waals surface area contributed by atoms with Gasteiger partial charge in [-0.1, -0.05) is 25.4 Å².